The van der Waals surface area contributed by atoms with E-state index in [1.807, 2.05) is 37.3 Å². The van der Waals surface area contributed by atoms with Crippen LogP contribution in [0.4, 0.5) is 5.69 Å². The number of amides is 1. The van der Waals surface area contributed by atoms with Gasteiger partial charge in [-0.25, -0.2) is 4.99 Å². The van der Waals surface area contributed by atoms with Gasteiger partial charge < -0.3 is 14.2 Å². The Labute approximate surface area is 172 Å². The number of hydrogen-bond acceptors (Lipinski definition) is 7. The Morgan fingerprint density at radius 2 is 1.97 bits per heavy atom. The van der Waals surface area contributed by atoms with Gasteiger partial charge in [0, 0.05) is 0 Å². The van der Waals surface area contributed by atoms with E-state index in [1.165, 1.54) is 12.0 Å². The van der Waals surface area contributed by atoms with E-state index in [2.05, 4.69) is 4.99 Å². The first kappa shape index (κ1) is 19.1. The summed E-state index contributed by atoms with van der Waals surface area (Å²) in [4.78, 5) is 30.7. The molecule has 2 aromatic carbocycles. The molecule has 0 saturated heterocycles. The number of aryl methyl sites for hydroxylation is 1. The molecule has 8 heteroatoms. The maximum absolute atomic E-state index is 13.1. The van der Waals surface area contributed by atoms with Gasteiger partial charge in [-0.05, 0) is 42.8 Å². The molecule has 0 spiro atoms. The zero-order chi connectivity index (χ0) is 20.4. The third-order valence-electron chi connectivity index (χ3n) is 4.37. The highest BCUT2D eigenvalue weighted by molar-refractivity contribution is 8.14. The Bertz CT molecular complexity index is 1030. The molecule has 0 unspecified atom stereocenters. The van der Waals surface area contributed by atoms with Gasteiger partial charge in [0.05, 0.1) is 18.6 Å². The first-order valence-corrected chi connectivity index (χ1v) is 9.84. The van der Waals surface area contributed by atoms with Crippen molar-refractivity contribution in [1.29, 1.82) is 0 Å². The summed E-state index contributed by atoms with van der Waals surface area (Å²) in [5.74, 6) is 0.706. The van der Waals surface area contributed by atoms with E-state index in [-0.39, 0.29) is 30.1 Å². The molecular formula is C21H18N2O5S. The van der Waals surface area contributed by atoms with Crippen LogP contribution in [0.2, 0.25) is 0 Å². The molecule has 2 aromatic rings. The number of carbonyl (C=O) groups excluding carboxylic acids is 2. The fourth-order valence-electron chi connectivity index (χ4n) is 2.86. The molecule has 2 heterocycles. The summed E-state index contributed by atoms with van der Waals surface area (Å²) in [6, 6.07) is 13.0. The molecule has 0 N–H and O–H groups in total. The molecule has 0 fully saturated rings. The van der Waals surface area contributed by atoms with Crippen LogP contribution in [0, 0.1) is 6.92 Å². The highest BCUT2D eigenvalue weighted by Crippen LogP contribution is 2.34. The topological polar surface area (TPSA) is 77.4 Å². The summed E-state index contributed by atoms with van der Waals surface area (Å²) < 4.78 is 15.4. The number of rotatable bonds is 4. The average molecular weight is 410 g/mol. The van der Waals surface area contributed by atoms with Gasteiger partial charge in [-0.3, -0.25) is 14.5 Å². The number of esters is 1. The number of fused-ring (bicyclic) bond motifs is 1. The Balaban J connectivity index is 1.67. The summed E-state index contributed by atoms with van der Waals surface area (Å²) in [6.07, 6.45) is 1.69. The zero-order valence-electron chi connectivity index (χ0n) is 15.9. The van der Waals surface area contributed by atoms with Gasteiger partial charge in [0.2, 0.25) is 6.79 Å². The van der Waals surface area contributed by atoms with Gasteiger partial charge in [0.25, 0.3) is 5.91 Å². The van der Waals surface area contributed by atoms with Crippen LogP contribution in [0.5, 0.6) is 11.5 Å². The number of methoxy groups -OCH3 is 1. The zero-order valence-corrected chi connectivity index (χ0v) is 16.7. The number of ether oxygens (including phenoxy) is 3. The summed E-state index contributed by atoms with van der Waals surface area (Å²) >= 11 is 1.16. The Kier molecular flexibility index (Phi) is 5.26. The molecular weight excluding hydrogens is 392 g/mol. The highest BCUT2D eigenvalue weighted by Gasteiger charge is 2.32. The smallest absolute Gasteiger partial charge is 0.316 e. The van der Waals surface area contributed by atoms with Crippen LogP contribution in [0.25, 0.3) is 6.08 Å². The molecule has 0 aliphatic carbocycles. The van der Waals surface area contributed by atoms with Gasteiger partial charge in [-0.2, -0.15) is 0 Å². The van der Waals surface area contributed by atoms with Crippen LogP contribution < -0.4 is 14.4 Å². The summed E-state index contributed by atoms with van der Waals surface area (Å²) in [5, 5.41) is 0.427. The Hall–Kier alpha value is -3.26. The van der Waals surface area contributed by atoms with Crippen molar-refractivity contribution >= 4 is 40.6 Å². The third-order valence-corrected chi connectivity index (χ3v) is 5.28. The van der Waals surface area contributed by atoms with E-state index < -0.39 is 0 Å². The molecule has 0 aromatic heterocycles. The lowest BCUT2D eigenvalue weighted by atomic mass is 10.1. The first-order valence-electron chi connectivity index (χ1n) is 8.86. The van der Waals surface area contributed by atoms with Crippen LogP contribution >= 0.6 is 11.8 Å². The van der Waals surface area contributed by atoms with Crippen molar-refractivity contribution in [3.63, 3.8) is 0 Å². The van der Waals surface area contributed by atoms with Crippen molar-refractivity contribution in [3.05, 3.63) is 59.3 Å². The highest BCUT2D eigenvalue weighted by atomic mass is 32.2. The minimum Gasteiger partial charge on any atom is -0.468 e. The lowest BCUT2D eigenvalue weighted by molar-refractivity contribution is -0.137. The summed E-state index contributed by atoms with van der Waals surface area (Å²) in [7, 11) is 1.33. The predicted octanol–water partition coefficient (Wildman–Crippen LogP) is 3.37. The lowest BCUT2D eigenvalue weighted by Gasteiger charge is -2.17. The molecule has 7 nitrogen and oxygen atoms in total. The van der Waals surface area contributed by atoms with Crippen molar-refractivity contribution in [2.24, 2.45) is 4.99 Å². The average Bonchev–Trinajstić information content (AvgIpc) is 3.31. The fraction of sp³-hybridized carbons (Fsp3) is 0.190. The molecule has 2 aliphatic rings. The second kappa shape index (κ2) is 8.00. The van der Waals surface area contributed by atoms with Crippen LogP contribution in [0.15, 0.2) is 53.2 Å². The molecule has 0 radical (unpaired) electrons. The van der Waals surface area contributed by atoms with E-state index >= 15 is 0 Å². The second-order valence-corrected chi connectivity index (χ2v) is 7.32. The van der Waals surface area contributed by atoms with Gasteiger partial charge in [-0.15, -0.1) is 0 Å². The van der Waals surface area contributed by atoms with E-state index in [0.29, 0.717) is 22.4 Å². The number of aliphatic imine (C=N–C) groups is 1. The molecule has 0 atom stereocenters. The largest absolute Gasteiger partial charge is 0.468 e. The monoisotopic (exact) mass is 410 g/mol. The van der Waals surface area contributed by atoms with Crippen molar-refractivity contribution < 1.29 is 23.8 Å². The molecule has 2 aliphatic heterocycles. The Morgan fingerprint density at radius 1 is 1.21 bits per heavy atom. The maximum atomic E-state index is 13.1. The standard InChI is InChI=1S/C21H18N2O5S/c1-13-3-6-15(7-4-13)23-20(25)16(22-21(23)29-11-19(24)26-2)9-14-5-8-17-18(10-14)28-12-27-17/h3-10H,11-12H2,1-2H3. The molecule has 29 heavy (non-hydrogen) atoms. The van der Waals surface area contributed by atoms with Crippen LogP contribution in [0.3, 0.4) is 0 Å². The summed E-state index contributed by atoms with van der Waals surface area (Å²) in [5.41, 5.74) is 2.81. The number of benzene rings is 2. The Morgan fingerprint density at radius 3 is 2.72 bits per heavy atom. The van der Waals surface area contributed by atoms with Crippen molar-refractivity contribution in [1.82, 2.24) is 0 Å². The molecule has 4 rings (SSSR count). The molecule has 0 bridgehead atoms. The number of carbonyl (C=O) groups is 2. The normalized spacial score (nSPS) is 16.3. The van der Waals surface area contributed by atoms with E-state index in [4.69, 9.17) is 14.2 Å². The SMILES string of the molecule is COC(=O)CSC1=NC(=Cc2ccc3c(c2)OCO3)C(=O)N1c1ccc(C)cc1. The van der Waals surface area contributed by atoms with Crippen molar-refractivity contribution in [2.45, 2.75) is 6.92 Å². The van der Waals surface area contributed by atoms with E-state index in [9.17, 15) is 9.59 Å². The molecule has 0 saturated carbocycles. The number of nitrogens with zero attached hydrogens (tertiary/aromatic N) is 2. The minimum atomic E-state index is -0.387. The number of anilines is 1. The van der Waals surface area contributed by atoms with Gasteiger partial charge in [-0.1, -0.05) is 35.5 Å². The van der Waals surface area contributed by atoms with Crippen LogP contribution in [0.1, 0.15) is 11.1 Å². The third kappa shape index (κ3) is 3.97. The van der Waals surface area contributed by atoms with E-state index in [1.54, 1.807) is 18.2 Å². The van der Waals surface area contributed by atoms with Crippen molar-refractivity contribution in [2.75, 3.05) is 24.6 Å². The van der Waals surface area contributed by atoms with Crippen molar-refractivity contribution in [3.8, 4) is 11.5 Å². The van der Waals surface area contributed by atoms with E-state index in [0.717, 1.165) is 22.9 Å². The summed E-state index contributed by atoms with van der Waals surface area (Å²) in [6.45, 7) is 2.16. The molecule has 148 valence electrons. The van der Waals surface area contributed by atoms with Crippen LogP contribution in [-0.2, 0) is 14.3 Å². The van der Waals surface area contributed by atoms with Gasteiger partial charge in [0.1, 0.15) is 5.70 Å². The maximum Gasteiger partial charge on any atom is 0.316 e. The predicted molar refractivity (Wildman–Crippen MR) is 111 cm³/mol. The lowest BCUT2D eigenvalue weighted by Crippen LogP contribution is -2.30. The quantitative estimate of drug-likeness (QED) is 0.568. The number of thioether (sulfide) groups is 1. The molecule has 1 amide bonds. The van der Waals surface area contributed by atoms with Crippen LogP contribution in [-0.4, -0.2) is 36.7 Å². The second-order valence-electron chi connectivity index (χ2n) is 6.38. The number of amidine groups is 1. The fourth-order valence-corrected chi connectivity index (χ4v) is 3.70. The number of hydrogen-bond donors (Lipinski definition) is 0. The van der Waals surface area contributed by atoms with Gasteiger partial charge in [0.15, 0.2) is 16.7 Å². The van der Waals surface area contributed by atoms with Gasteiger partial charge >= 0.3 is 5.97 Å². The first-order chi connectivity index (χ1) is 14.0. The minimum absolute atomic E-state index is 0.0578.